The Labute approximate surface area is 159 Å². The number of rotatable bonds is 6. The van der Waals surface area contributed by atoms with Gasteiger partial charge in [0.15, 0.2) is 5.82 Å². The third-order valence-electron chi connectivity index (χ3n) is 5.37. The Morgan fingerprint density at radius 2 is 2.00 bits per heavy atom. The number of H-pyrrole nitrogens is 1. The quantitative estimate of drug-likeness (QED) is 0.732. The molecule has 4 rings (SSSR count). The van der Waals surface area contributed by atoms with Crippen molar-refractivity contribution in [3.8, 4) is 5.82 Å². The number of hydrogen-bond acceptors (Lipinski definition) is 3. The first-order valence-corrected chi connectivity index (χ1v) is 9.78. The summed E-state index contributed by atoms with van der Waals surface area (Å²) in [5.41, 5.74) is 3.37. The molecule has 2 heterocycles. The lowest BCUT2D eigenvalue weighted by molar-refractivity contribution is 0.171. The van der Waals surface area contributed by atoms with Crippen molar-refractivity contribution in [1.82, 2.24) is 19.7 Å². The Hall–Kier alpha value is -2.66. The zero-order valence-corrected chi connectivity index (χ0v) is 15.8. The topological polar surface area (TPSA) is 53.9 Å². The first-order valence-electron chi connectivity index (χ1n) is 9.78. The fourth-order valence-corrected chi connectivity index (χ4v) is 4.04. The fourth-order valence-electron chi connectivity index (χ4n) is 4.04. The van der Waals surface area contributed by atoms with Gasteiger partial charge in [-0.2, -0.15) is 0 Å². The Morgan fingerprint density at radius 1 is 1.19 bits per heavy atom. The van der Waals surface area contributed by atoms with E-state index in [2.05, 4.69) is 52.2 Å². The molecular formula is C22H26N4O. The summed E-state index contributed by atoms with van der Waals surface area (Å²) in [5, 5.41) is 3.28. The monoisotopic (exact) mass is 362 g/mol. The molecule has 1 atom stereocenters. The molecule has 0 bridgehead atoms. The van der Waals surface area contributed by atoms with Gasteiger partial charge in [0.25, 0.3) is 5.56 Å². The summed E-state index contributed by atoms with van der Waals surface area (Å²) >= 11 is 0. The first-order chi connectivity index (χ1) is 13.3. The van der Waals surface area contributed by atoms with Gasteiger partial charge < -0.3 is 0 Å². The molecule has 0 radical (unpaired) electrons. The zero-order valence-electron chi connectivity index (χ0n) is 15.8. The average Bonchev–Trinajstić information content (AvgIpc) is 3.05. The first kappa shape index (κ1) is 17.7. The highest BCUT2D eigenvalue weighted by Gasteiger charge is 2.28. The molecule has 140 valence electrons. The van der Waals surface area contributed by atoms with Gasteiger partial charge in [0.05, 0.1) is 0 Å². The molecule has 27 heavy (non-hydrogen) atoms. The van der Waals surface area contributed by atoms with E-state index in [9.17, 15) is 4.79 Å². The number of nitrogens with zero attached hydrogens (tertiary/aromatic N) is 3. The van der Waals surface area contributed by atoms with Crippen LogP contribution in [0, 0.1) is 0 Å². The number of fused-ring (bicyclic) bond motifs is 1. The predicted octanol–water partition coefficient (Wildman–Crippen LogP) is 3.33. The smallest absolute Gasteiger partial charge is 0.276 e. The van der Waals surface area contributed by atoms with Crippen LogP contribution in [0.3, 0.4) is 0 Å². The molecule has 1 aromatic carbocycles. The number of benzene rings is 1. The minimum Gasteiger partial charge on any atom is -0.296 e. The van der Waals surface area contributed by atoms with Gasteiger partial charge in [-0.05, 0) is 49.9 Å². The minimum atomic E-state index is 0.0459. The molecule has 0 fully saturated rings. The maximum absolute atomic E-state index is 13.0. The van der Waals surface area contributed by atoms with Crippen LogP contribution in [0.1, 0.15) is 36.6 Å². The van der Waals surface area contributed by atoms with Gasteiger partial charge in [-0.3, -0.25) is 14.8 Å². The molecule has 0 amide bonds. The highest BCUT2D eigenvalue weighted by atomic mass is 16.1. The molecule has 1 unspecified atom stereocenters. The van der Waals surface area contributed by atoms with Crippen molar-refractivity contribution < 1.29 is 0 Å². The number of hydrogen-bond donors (Lipinski definition) is 1. The molecule has 2 aromatic heterocycles. The summed E-state index contributed by atoms with van der Waals surface area (Å²) in [4.78, 5) is 19.8. The number of aromatic amines is 1. The van der Waals surface area contributed by atoms with Crippen LogP contribution in [0.25, 0.3) is 5.82 Å². The standard InChI is InChI=1S/C22H26N4O/c1-2-14-25(16-17-8-4-3-5-9-17)18-11-12-20-19(15-18)22(27)26(24-20)21-10-6-7-13-23-21/h3-10,13,18,24H,2,11-12,14-16H2,1H3. The van der Waals surface area contributed by atoms with Crippen molar-refractivity contribution >= 4 is 0 Å². The van der Waals surface area contributed by atoms with Gasteiger partial charge in [0, 0.05) is 30.0 Å². The molecule has 1 aliphatic rings. The van der Waals surface area contributed by atoms with Crippen LogP contribution in [0.4, 0.5) is 0 Å². The van der Waals surface area contributed by atoms with Gasteiger partial charge in [-0.1, -0.05) is 43.3 Å². The van der Waals surface area contributed by atoms with Gasteiger partial charge in [0.1, 0.15) is 0 Å². The van der Waals surface area contributed by atoms with Crippen molar-refractivity contribution in [3.05, 3.63) is 81.9 Å². The lowest BCUT2D eigenvalue weighted by Crippen LogP contribution is -2.40. The third-order valence-corrected chi connectivity index (χ3v) is 5.37. The van der Waals surface area contributed by atoms with E-state index >= 15 is 0 Å². The number of pyridine rings is 1. The van der Waals surface area contributed by atoms with Gasteiger partial charge >= 0.3 is 0 Å². The molecule has 1 N–H and O–H groups in total. The number of aryl methyl sites for hydroxylation is 1. The van der Waals surface area contributed by atoms with E-state index in [4.69, 9.17) is 0 Å². The molecule has 0 saturated carbocycles. The lowest BCUT2D eigenvalue weighted by Gasteiger charge is -2.33. The van der Waals surface area contributed by atoms with Crippen LogP contribution < -0.4 is 5.56 Å². The van der Waals surface area contributed by atoms with E-state index in [-0.39, 0.29) is 5.56 Å². The SMILES string of the molecule is CCCN(Cc1ccccc1)C1CCc2[nH]n(-c3ccccn3)c(=O)c2C1. The summed E-state index contributed by atoms with van der Waals surface area (Å²) in [6.45, 7) is 4.21. The Kier molecular flexibility index (Phi) is 5.21. The molecule has 1 aliphatic carbocycles. The van der Waals surface area contributed by atoms with E-state index in [1.54, 1.807) is 10.9 Å². The summed E-state index contributed by atoms with van der Waals surface area (Å²) in [7, 11) is 0. The van der Waals surface area contributed by atoms with E-state index in [0.29, 0.717) is 11.9 Å². The minimum absolute atomic E-state index is 0.0459. The summed E-state index contributed by atoms with van der Waals surface area (Å²) in [6, 6.07) is 16.6. The molecule has 0 spiro atoms. The molecule has 5 nitrogen and oxygen atoms in total. The van der Waals surface area contributed by atoms with E-state index in [1.807, 2.05) is 18.2 Å². The highest BCUT2D eigenvalue weighted by molar-refractivity contribution is 5.29. The Morgan fingerprint density at radius 3 is 2.74 bits per heavy atom. The van der Waals surface area contributed by atoms with Crippen molar-refractivity contribution in [1.29, 1.82) is 0 Å². The molecule has 5 heteroatoms. The molecular weight excluding hydrogens is 336 g/mol. The lowest BCUT2D eigenvalue weighted by atomic mass is 9.91. The van der Waals surface area contributed by atoms with Gasteiger partial charge in [0.2, 0.25) is 0 Å². The number of aromatic nitrogens is 3. The Balaban J connectivity index is 1.58. The van der Waals surface area contributed by atoms with Gasteiger partial charge in [-0.15, -0.1) is 0 Å². The fraction of sp³-hybridized carbons (Fsp3) is 0.364. The van der Waals surface area contributed by atoms with E-state index in [0.717, 1.165) is 50.0 Å². The molecule has 0 aliphatic heterocycles. The Bertz CT molecular complexity index is 930. The van der Waals surface area contributed by atoms with Crippen molar-refractivity contribution in [3.63, 3.8) is 0 Å². The second-order valence-electron chi connectivity index (χ2n) is 7.25. The maximum Gasteiger partial charge on any atom is 0.276 e. The largest absolute Gasteiger partial charge is 0.296 e. The van der Waals surface area contributed by atoms with Crippen LogP contribution >= 0.6 is 0 Å². The van der Waals surface area contributed by atoms with Crippen LogP contribution in [0.5, 0.6) is 0 Å². The zero-order chi connectivity index (χ0) is 18.6. The molecule has 0 saturated heterocycles. The van der Waals surface area contributed by atoms with E-state index in [1.165, 1.54) is 5.56 Å². The molecule has 3 aromatic rings. The maximum atomic E-state index is 13.0. The van der Waals surface area contributed by atoms with Crippen LogP contribution in [0.2, 0.25) is 0 Å². The third kappa shape index (κ3) is 3.74. The van der Waals surface area contributed by atoms with Crippen molar-refractivity contribution in [2.45, 2.75) is 45.2 Å². The second-order valence-corrected chi connectivity index (χ2v) is 7.25. The van der Waals surface area contributed by atoms with Crippen LogP contribution in [-0.4, -0.2) is 32.3 Å². The predicted molar refractivity (Wildman–Crippen MR) is 107 cm³/mol. The number of nitrogens with one attached hydrogen (secondary N) is 1. The van der Waals surface area contributed by atoms with Gasteiger partial charge in [-0.25, -0.2) is 9.67 Å². The average molecular weight is 362 g/mol. The van der Waals surface area contributed by atoms with Crippen molar-refractivity contribution in [2.75, 3.05) is 6.54 Å². The van der Waals surface area contributed by atoms with E-state index < -0.39 is 0 Å². The second kappa shape index (κ2) is 7.92. The van der Waals surface area contributed by atoms with Crippen LogP contribution in [-0.2, 0) is 19.4 Å². The van der Waals surface area contributed by atoms with Crippen molar-refractivity contribution in [2.24, 2.45) is 0 Å². The highest BCUT2D eigenvalue weighted by Crippen LogP contribution is 2.23. The summed E-state index contributed by atoms with van der Waals surface area (Å²) in [6.07, 6.45) is 5.61. The van der Waals surface area contributed by atoms with Crippen LogP contribution in [0.15, 0.2) is 59.5 Å². The summed E-state index contributed by atoms with van der Waals surface area (Å²) in [5.74, 6) is 0.656. The summed E-state index contributed by atoms with van der Waals surface area (Å²) < 4.78 is 1.59. The normalized spacial score (nSPS) is 16.4.